The molecule has 0 bridgehead atoms. The second kappa shape index (κ2) is 16.9. The number of carboxylic acid groups (broad SMARTS) is 1. The molecule has 3 N–H and O–H groups in total. The van der Waals surface area contributed by atoms with Gasteiger partial charge in [0.05, 0.1) is 11.3 Å². The Balaban J connectivity index is 1.11. The first kappa shape index (κ1) is 40.8. The van der Waals surface area contributed by atoms with E-state index < -0.39 is 35.5 Å². The minimum absolute atomic E-state index is 0.0256. The van der Waals surface area contributed by atoms with E-state index in [1.807, 2.05) is 55.5 Å². The van der Waals surface area contributed by atoms with Crippen molar-refractivity contribution < 1.29 is 48.7 Å². The molecule has 2 aromatic carbocycles. The molecular formula is C44H56O10. The van der Waals surface area contributed by atoms with Crippen molar-refractivity contribution in [1.29, 1.82) is 0 Å². The Kier molecular flexibility index (Phi) is 12.8. The minimum atomic E-state index is -0.997. The van der Waals surface area contributed by atoms with Gasteiger partial charge in [0, 0.05) is 11.5 Å². The third kappa shape index (κ3) is 8.92. The number of fused-ring (bicyclic) bond motifs is 3. The van der Waals surface area contributed by atoms with Crippen LogP contribution in [0.15, 0.2) is 84.5 Å². The number of carbonyl (C=O) groups excluding carboxylic acids is 2. The SMILES string of the molecule is C=CC(=O)OCC(O)COc1ccc(C(C)(C)c2ccc(OCC(O)COC(=O)C3(C)CCCC4(C)C5CCC(C(C)C(=O)O)=CC5=CCC34)cc2)cc1. The first-order valence-corrected chi connectivity index (χ1v) is 19.0. The van der Waals surface area contributed by atoms with Gasteiger partial charge < -0.3 is 34.3 Å². The van der Waals surface area contributed by atoms with E-state index in [1.54, 1.807) is 6.92 Å². The highest BCUT2D eigenvalue weighted by molar-refractivity contribution is 5.81. The molecule has 0 aromatic heterocycles. The first-order valence-electron chi connectivity index (χ1n) is 19.0. The highest BCUT2D eigenvalue weighted by atomic mass is 16.6. The van der Waals surface area contributed by atoms with E-state index in [0.29, 0.717) is 11.5 Å². The molecule has 1 fully saturated rings. The van der Waals surface area contributed by atoms with E-state index >= 15 is 0 Å². The number of aliphatic carboxylic acids is 1. The van der Waals surface area contributed by atoms with Crippen LogP contribution in [0.2, 0.25) is 0 Å². The van der Waals surface area contributed by atoms with Crippen LogP contribution in [0.3, 0.4) is 0 Å². The number of allylic oxidation sites excluding steroid dienone is 3. The smallest absolute Gasteiger partial charge is 0.330 e. The van der Waals surface area contributed by atoms with Crippen molar-refractivity contribution in [1.82, 2.24) is 0 Å². The third-order valence-corrected chi connectivity index (χ3v) is 12.3. The van der Waals surface area contributed by atoms with E-state index in [1.165, 1.54) is 5.57 Å². The Bertz CT molecular complexity index is 1720. The Labute approximate surface area is 318 Å². The van der Waals surface area contributed by atoms with Gasteiger partial charge in [-0.15, -0.1) is 0 Å². The molecule has 3 aliphatic carbocycles. The van der Waals surface area contributed by atoms with Gasteiger partial charge in [-0.3, -0.25) is 9.59 Å². The van der Waals surface area contributed by atoms with Gasteiger partial charge in [0.15, 0.2) is 0 Å². The van der Waals surface area contributed by atoms with Gasteiger partial charge in [-0.05, 0) is 104 Å². The average molecular weight is 745 g/mol. The highest BCUT2D eigenvalue weighted by Gasteiger charge is 2.57. The second-order valence-electron chi connectivity index (χ2n) is 16.2. The van der Waals surface area contributed by atoms with Gasteiger partial charge in [0.25, 0.3) is 0 Å². The van der Waals surface area contributed by atoms with Crippen LogP contribution in [0.5, 0.6) is 11.5 Å². The lowest BCUT2D eigenvalue weighted by Crippen LogP contribution is -2.53. The maximum Gasteiger partial charge on any atom is 0.330 e. The van der Waals surface area contributed by atoms with Gasteiger partial charge in [-0.1, -0.05) is 75.8 Å². The summed E-state index contributed by atoms with van der Waals surface area (Å²) in [6.07, 6.45) is 8.42. The number of carbonyl (C=O) groups is 3. The number of ether oxygens (including phenoxy) is 4. The van der Waals surface area contributed by atoms with Crippen LogP contribution in [0.4, 0.5) is 0 Å². The lowest BCUT2D eigenvalue weighted by molar-refractivity contribution is -0.172. The van der Waals surface area contributed by atoms with Crippen molar-refractivity contribution in [2.75, 3.05) is 26.4 Å². The molecule has 5 rings (SSSR count). The fourth-order valence-electron chi connectivity index (χ4n) is 8.79. The summed E-state index contributed by atoms with van der Waals surface area (Å²) in [7, 11) is 0. The van der Waals surface area contributed by atoms with Crippen LogP contribution < -0.4 is 9.47 Å². The van der Waals surface area contributed by atoms with E-state index in [9.17, 15) is 29.7 Å². The molecule has 0 spiro atoms. The molecular weight excluding hydrogens is 688 g/mol. The van der Waals surface area contributed by atoms with Crippen LogP contribution in [0, 0.1) is 28.6 Å². The van der Waals surface area contributed by atoms with Crippen LogP contribution in [0.25, 0.3) is 0 Å². The minimum Gasteiger partial charge on any atom is -0.491 e. The van der Waals surface area contributed by atoms with Crippen molar-refractivity contribution in [3.8, 4) is 11.5 Å². The van der Waals surface area contributed by atoms with Crippen molar-refractivity contribution in [2.45, 2.75) is 90.8 Å². The summed E-state index contributed by atoms with van der Waals surface area (Å²) >= 11 is 0. The summed E-state index contributed by atoms with van der Waals surface area (Å²) in [5.41, 5.74) is 3.16. The predicted octanol–water partition coefficient (Wildman–Crippen LogP) is 6.96. The molecule has 7 atom stereocenters. The van der Waals surface area contributed by atoms with Crippen LogP contribution in [-0.4, -0.2) is 71.9 Å². The number of hydrogen-bond donors (Lipinski definition) is 3. The number of rotatable bonds is 16. The Morgan fingerprint density at radius 3 is 1.98 bits per heavy atom. The molecule has 10 nitrogen and oxygen atoms in total. The fourth-order valence-corrected chi connectivity index (χ4v) is 8.79. The molecule has 292 valence electrons. The maximum atomic E-state index is 13.7. The normalized spacial score (nSPS) is 25.3. The zero-order valence-corrected chi connectivity index (χ0v) is 32.2. The largest absolute Gasteiger partial charge is 0.491 e. The van der Waals surface area contributed by atoms with Gasteiger partial charge in [-0.25, -0.2) is 4.79 Å². The summed E-state index contributed by atoms with van der Waals surface area (Å²) in [6, 6.07) is 15.3. The lowest BCUT2D eigenvalue weighted by Gasteiger charge is -2.57. The predicted molar refractivity (Wildman–Crippen MR) is 204 cm³/mol. The summed E-state index contributed by atoms with van der Waals surface area (Å²) in [5.74, 6) is -0.645. The van der Waals surface area contributed by atoms with Crippen LogP contribution in [0.1, 0.15) is 84.3 Å². The average Bonchev–Trinajstić information content (AvgIpc) is 3.16. The Morgan fingerprint density at radius 2 is 1.44 bits per heavy atom. The molecule has 0 saturated heterocycles. The number of aliphatic hydroxyl groups is 2. The number of esters is 2. The van der Waals surface area contributed by atoms with Gasteiger partial charge in [0.1, 0.15) is 50.1 Å². The van der Waals surface area contributed by atoms with E-state index in [4.69, 9.17) is 18.9 Å². The number of benzene rings is 2. The van der Waals surface area contributed by atoms with E-state index in [-0.39, 0.29) is 55.1 Å². The molecule has 0 radical (unpaired) electrons. The van der Waals surface area contributed by atoms with Crippen molar-refractivity contribution in [3.05, 3.63) is 95.6 Å². The Morgan fingerprint density at radius 1 is 0.889 bits per heavy atom. The second-order valence-corrected chi connectivity index (χ2v) is 16.2. The van der Waals surface area contributed by atoms with Crippen LogP contribution >= 0.6 is 0 Å². The monoisotopic (exact) mass is 744 g/mol. The van der Waals surface area contributed by atoms with Crippen molar-refractivity contribution >= 4 is 17.9 Å². The van der Waals surface area contributed by atoms with Gasteiger partial charge >= 0.3 is 17.9 Å². The zero-order valence-electron chi connectivity index (χ0n) is 32.2. The maximum absolute atomic E-state index is 13.7. The van der Waals surface area contributed by atoms with Gasteiger partial charge in [-0.2, -0.15) is 0 Å². The molecule has 7 unspecified atom stereocenters. The quantitative estimate of drug-likeness (QED) is 0.122. The van der Waals surface area contributed by atoms with E-state index in [0.717, 1.165) is 61.3 Å². The Hall–Kier alpha value is -4.41. The molecule has 54 heavy (non-hydrogen) atoms. The van der Waals surface area contributed by atoms with Gasteiger partial charge in [0.2, 0.25) is 0 Å². The third-order valence-electron chi connectivity index (χ3n) is 12.3. The molecule has 10 heteroatoms. The molecule has 2 aromatic rings. The summed E-state index contributed by atoms with van der Waals surface area (Å²) in [4.78, 5) is 36.6. The zero-order chi connectivity index (χ0) is 39.3. The number of carboxylic acids is 1. The van der Waals surface area contributed by atoms with Crippen molar-refractivity contribution in [3.63, 3.8) is 0 Å². The summed E-state index contributed by atoms with van der Waals surface area (Å²) in [6.45, 7) is 13.2. The molecule has 0 heterocycles. The van der Waals surface area contributed by atoms with Crippen molar-refractivity contribution in [2.24, 2.45) is 28.6 Å². The number of aliphatic hydroxyl groups excluding tert-OH is 2. The standard InChI is InChI=1S/C44H56O10/c1-7-39(47)53-26-33(45)24-51-35-15-11-31(12-16-35)42(3,4)32-13-17-36(18-14-32)52-25-34(46)27-54-41(50)44(6)22-8-21-43(5)37-19-9-29(28(2)40(48)49)23-30(37)10-20-38(43)44/h7,10-18,23,28,33-34,37-38,45-46H,1,8-9,19-22,24-27H2,2-6H3,(H,48,49). The molecule has 3 aliphatic rings. The summed E-state index contributed by atoms with van der Waals surface area (Å²) in [5, 5.41) is 30.3. The summed E-state index contributed by atoms with van der Waals surface area (Å²) < 4.78 is 22.2. The van der Waals surface area contributed by atoms with E-state index in [2.05, 4.69) is 39.5 Å². The van der Waals surface area contributed by atoms with Crippen LogP contribution in [-0.2, 0) is 29.3 Å². The topological polar surface area (TPSA) is 149 Å². The number of hydrogen-bond acceptors (Lipinski definition) is 9. The molecule has 1 saturated carbocycles. The molecule has 0 amide bonds. The molecule has 0 aliphatic heterocycles. The first-order chi connectivity index (χ1) is 25.6. The fraction of sp³-hybridized carbons (Fsp3) is 0.523. The lowest BCUT2D eigenvalue weighted by atomic mass is 9.47. The highest BCUT2D eigenvalue weighted by Crippen LogP contribution is 2.62.